The Balaban J connectivity index is 1.77. The van der Waals surface area contributed by atoms with Crippen LogP contribution in [-0.2, 0) is 61.8 Å². The third kappa shape index (κ3) is 18.1. The number of amides is 6. The minimum atomic E-state index is -4.81. The van der Waals surface area contributed by atoms with Crippen LogP contribution in [0.1, 0.15) is 96.7 Å². The van der Waals surface area contributed by atoms with Crippen molar-refractivity contribution in [3.05, 3.63) is 54.1 Å². The van der Waals surface area contributed by atoms with E-state index in [0.29, 0.717) is 31.6 Å². The van der Waals surface area contributed by atoms with Crippen molar-refractivity contribution < 1.29 is 57.5 Å². The number of aliphatic hydroxyl groups excluding tert-OH is 2. The lowest BCUT2D eigenvalue weighted by Crippen LogP contribution is -2.61. The van der Waals surface area contributed by atoms with Crippen LogP contribution in [0.25, 0.3) is 0 Å². The highest BCUT2D eigenvalue weighted by Gasteiger charge is 2.38. The number of aliphatic hydroxyl groups is 2. The summed E-state index contributed by atoms with van der Waals surface area (Å²) in [6, 6.07) is 3.63. The monoisotopic (exact) mass is 906 g/mol. The number of benzene rings is 1. The second-order valence-corrected chi connectivity index (χ2v) is 17.6. The summed E-state index contributed by atoms with van der Waals surface area (Å²) < 4.78 is 23.6. The molecule has 0 spiro atoms. The Labute approximate surface area is 369 Å². The molecule has 20 nitrogen and oxygen atoms in total. The number of aryl methyl sites for hydroxylation is 2. The van der Waals surface area contributed by atoms with Gasteiger partial charge in [-0.15, -0.1) is 0 Å². The van der Waals surface area contributed by atoms with Crippen LogP contribution in [0.2, 0.25) is 0 Å². The topological polar surface area (TPSA) is 294 Å². The van der Waals surface area contributed by atoms with Gasteiger partial charge in [-0.2, -0.15) is 0 Å². The zero-order valence-corrected chi connectivity index (χ0v) is 37.7. The molecule has 0 bridgehead atoms. The number of aromatic nitrogens is 2. The van der Waals surface area contributed by atoms with Gasteiger partial charge in [0.25, 0.3) is 0 Å². The summed E-state index contributed by atoms with van der Waals surface area (Å²) in [6.07, 6.45) is 9.90. The van der Waals surface area contributed by atoms with Crippen LogP contribution < -0.4 is 27.0 Å². The smallest absolute Gasteiger partial charge is 0.394 e. The van der Waals surface area contributed by atoms with Crippen LogP contribution in [-0.4, -0.2) is 128 Å². The molecule has 2 aromatic rings. The summed E-state index contributed by atoms with van der Waals surface area (Å²) in [5.41, 5.74) is 7.35. The highest BCUT2D eigenvalue weighted by Crippen LogP contribution is 2.44. The fourth-order valence-corrected chi connectivity index (χ4v) is 8.27. The number of likely N-dealkylation sites (tertiary alicyclic amines) is 1. The first-order chi connectivity index (χ1) is 30.0. The Kier molecular flexibility index (Phi) is 22.4. The SMILES string of the molecule is CC(=O)N1CCC[C@H]1C(=O)NC(CC(C)C)C(=O)N[C@@H](Cc1cncn1CCCCCCCCc1ccccc1)C(=O)N[C@@H](CO)C(=O)N[C@H](C(N)=O)[C@@H](C)OP(=O)(O)OCCO. The molecule has 1 aliphatic heterocycles. The molecule has 3 rings (SSSR count). The number of unbranched alkanes of at least 4 members (excludes halogenated alkanes) is 5. The highest BCUT2D eigenvalue weighted by atomic mass is 31.2. The Hall–Kier alpha value is -4.72. The molecule has 7 atom stereocenters. The first kappa shape index (κ1) is 52.6. The molecule has 1 aromatic heterocycles. The number of nitrogens with zero attached hydrogens (tertiary/aromatic N) is 3. The second kappa shape index (κ2) is 26.8. The number of nitrogens with two attached hydrogens (primary N) is 1. The summed E-state index contributed by atoms with van der Waals surface area (Å²) in [7, 11) is -4.81. The van der Waals surface area contributed by atoms with Gasteiger partial charge in [0.15, 0.2) is 0 Å². The lowest BCUT2D eigenvalue weighted by atomic mass is 10.0. The number of carbonyl (C=O) groups excluding carboxylic acids is 6. The number of hydrogen-bond acceptors (Lipinski definition) is 12. The maximum Gasteiger partial charge on any atom is 0.472 e. The van der Waals surface area contributed by atoms with Crippen LogP contribution in [0.4, 0.5) is 0 Å². The predicted molar refractivity (Wildman–Crippen MR) is 231 cm³/mol. The molecule has 2 unspecified atom stereocenters. The lowest BCUT2D eigenvalue weighted by molar-refractivity contribution is -0.139. The van der Waals surface area contributed by atoms with Gasteiger partial charge in [-0.3, -0.25) is 37.8 Å². The van der Waals surface area contributed by atoms with E-state index in [9.17, 15) is 43.3 Å². The summed E-state index contributed by atoms with van der Waals surface area (Å²) in [5.74, 6) is -4.78. The van der Waals surface area contributed by atoms with Gasteiger partial charge in [-0.05, 0) is 56.9 Å². The predicted octanol–water partition coefficient (Wildman–Crippen LogP) is 0.997. The number of phosphoric ester groups is 1. The standard InChI is InChI=1S/C42H67N8O12P/c1-28(2)23-33(46-42(58)36-18-14-20-50(36)30(4)53)39(55)45-34(24-32-25-44-27-49(32)19-13-8-6-5-7-10-15-31-16-11-9-12-17-31)40(56)47-35(26-52)41(57)48-37(38(43)54)29(3)62-63(59,60)61-22-21-51/h9,11-12,16-17,25,27-29,33-37,51-52H,5-8,10,13-15,18-24,26H2,1-4H3,(H2,43,54)(H,45,55)(H,46,58)(H,47,56)(H,48,57)(H,59,60)/t29-,33?,34+,35+,36+,37+/m1/s1. The van der Waals surface area contributed by atoms with E-state index in [1.165, 1.54) is 17.4 Å². The van der Waals surface area contributed by atoms with E-state index in [0.717, 1.165) is 51.9 Å². The van der Waals surface area contributed by atoms with Crippen LogP contribution in [0, 0.1) is 5.92 Å². The molecule has 1 aromatic carbocycles. The molecule has 6 amide bonds. The Morgan fingerprint density at radius 2 is 1.52 bits per heavy atom. The van der Waals surface area contributed by atoms with Crippen LogP contribution >= 0.6 is 7.82 Å². The number of primary amides is 1. The molecule has 21 heteroatoms. The van der Waals surface area contributed by atoms with E-state index in [1.807, 2.05) is 36.6 Å². The Bertz CT molecular complexity index is 1830. The number of imidazole rings is 1. The second-order valence-electron chi connectivity index (χ2n) is 16.2. The van der Waals surface area contributed by atoms with E-state index in [-0.39, 0.29) is 24.7 Å². The van der Waals surface area contributed by atoms with Gasteiger partial charge in [-0.1, -0.05) is 69.9 Å². The van der Waals surface area contributed by atoms with E-state index >= 15 is 0 Å². The quantitative estimate of drug-likeness (QED) is 0.0418. The molecule has 1 fully saturated rings. The first-order valence-corrected chi connectivity index (χ1v) is 23.1. The number of rotatable bonds is 29. The van der Waals surface area contributed by atoms with Crippen molar-refractivity contribution in [3.63, 3.8) is 0 Å². The minimum absolute atomic E-state index is 0.0841. The van der Waals surface area contributed by atoms with Crippen LogP contribution in [0.5, 0.6) is 0 Å². The van der Waals surface area contributed by atoms with Gasteiger partial charge in [-0.25, -0.2) is 9.55 Å². The molecule has 9 N–H and O–H groups in total. The zero-order valence-electron chi connectivity index (χ0n) is 36.8. The summed E-state index contributed by atoms with van der Waals surface area (Å²) in [5, 5.41) is 29.3. The van der Waals surface area contributed by atoms with Crippen molar-refractivity contribution in [2.24, 2.45) is 11.7 Å². The molecule has 352 valence electrons. The minimum Gasteiger partial charge on any atom is -0.394 e. The maximum absolute atomic E-state index is 14.1. The third-order valence-electron chi connectivity index (χ3n) is 10.6. The van der Waals surface area contributed by atoms with Gasteiger partial charge < -0.3 is 51.6 Å². The van der Waals surface area contributed by atoms with E-state index in [1.54, 1.807) is 12.5 Å². The number of carbonyl (C=O) groups is 6. The van der Waals surface area contributed by atoms with E-state index in [4.69, 9.17) is 15.4 Å². The summed E-state index contributed by atoms with van der Waals surface area (Å²) in [4.78, 5) is 95.2. The zero-order chi connectivity index (χ0) is 46.5. The number of hydrogen-bond donors (Lipinski definition) is 8. The normalized spacial score (nSPS) is 17.2. The van der Waals surface area contributed by atoms with Gasteiger partial charge in [0.1, 0.15) is 30.2 Å². The van der Waals surface area contributed by atoms with Crippen molar-refractivity contribution in [2.75, 3.05) is 26.4 Å². The van der Waals surface area contributed by atoms with Crippen molar-refractivity contribution in [1.29, 1.82) is 0 Å². The molecule has 63 heavy (non-hydrogen) atoms. The van der Waals surface area contributed by atoms with E-state index in [2.05, 4.69) is 42.9 Å². The average molecular weight is 907 g/mol. The highest BCUT2D eigenvalue weighted by molar-refractivity contribution is 7.47. The maximum atomic E-state index is 14.1. The molecule has 1 saturated heterocycles. The Morgan fingerprint density at radius 1 is 0.889 bits per heavy atom. The van der Waals surface area contributed by atoms with E-state index < -0.39 is 93.5 Å². The van der Waals surface area contributed by atoms with Crippen LogP contribution in [0.15, 0.2) is 42.9 Å². The number of phosphoric acid groups is 1. The summed E-state index contributed by atoms with van der Waals surface area (Å²) >= 11 is 0. The fraction of sp³-hybridized carbons (Fsp3) is 0.643. The molecule has 1 aliphatic rings. The first-order valence-electron chi connectivity index (χ1n) is 21.6. The van der Waals surface area contributed by atoms with Crippen LogP contribution in [0.3, 0.4) is 0 Å². The molecule has 0 aliphatic carbocycles. The van der Waals surface area contributed by atoms with Gasteiger partial charge in [0, 0.05) is 38.3 Å². The van der Waals surface area contributed by atoms with Crippen molar-refractivity contribution >= 4 is 43.3 Å². The molecule has 2 heterocycles. The third-order valence-corrected chi connectivity index (χ3v) is 11.7. The average Bonchev–Trinajstić information content (AvgIpc) is 3.91. The van der Waals surface area contributed by atoms with Gasteiger partial charge in [0.05, 0.1) is 32.3 Å². The van der Waals surface area contributed by atoms with Gasteiger partial charge in [0.2, 0.25) is 35.4 Å². The molecule has 0 saturated carbocycles. The van der Waals surface area contributed by atoms with Crippen molar-refractivity contribution in [1.82, 2.24) is 35.7 Å². The number of nitrogens with one attached hydrogen (secondary N) is 4. The molecular formula is C42H67N8O12P. The summed E-state index contributed by atoms with van der Waals surface area (Å²) in [6.45, 7) is 5.05. The lowest BCUT2D eigenvalue weighted by Gasteiger charge is -2.28. The Morgan fingerprint density at radius 3 is 2.16 bits per heavy atom. The molecule has 0 radical (unpaired) electrons. The molecular weight excluding hydrogens is 839 g/mol. The van der Waals surface area contributed by atoms with Crippen molar-refractivity contribution in [3.8, 4) is 0 Å². The van der Waals surface area contributed by atoms with Crippen molar-refractivity contribution in [2.45, 2.75) is 141 Å². The van der Waals surface area contributed by atoms with Gasteiger partial charge >= 0.3 is 7.82 Å². The fourth-order valence-electron chi connectivity index (χ4n) is 7.36. The largest absolute Gasteiger partial charge is 0.472 e.